The normalized spacial score (nSPS) is 11.9. The van der Waals surface area contributed by atoms with Gasteiger partial charge in [0.25, 0.3) is 0 Å². The SMILES string of the molecule is Cc1cc(CCCOC(=O)CCCCCCCCC(=O)OCCCc2cc(C)c(O)c(C(C)(C)C)c2)cc(C(C)(C)C)c1O. The summed E-state index contributed by atoms with van der Waals surface area (Å²) in [5, 5.41) is 20.8. The number of esters is 2. The molecule has 0 heterocycles. The van der Waals surface area contributed by atoms with Gasteiger partial charge in [-0.25, -0.2) is 0 Å². The van der Waals surface area contributed by atoms with E-state index in [1.54, 1.807) is 0 Å². The average molecular weight is 611 g/mol. The zero-order valence-corrected chi connectivity index (χ0v) is 28.7. The lowest BCUT2D eigenvalue weighted by Gasteiger charge is -2.22. The Balaban J connectivity index is 1.49. The third kappa shape index (κ3) is 12.9. The van der Waals surface area contributed by atoms with Crippen molar-refractivity contribution >= 4 is 11.9 Å². The van der Waals surface area contributed by atoms with E-state index in [1.165, 1.54) is 0 Å². The van der Waals surface area contributed by atoms with E-state index in [0.717, 1.165) is 97.6 Å². The summed E-state index contributed by atoms with van der Waals surface area (Å²) >= 11 is 0. The third-order valence-corrected chi connectivity index (χ3v) is 8.09. The molecule has 0 saturated carbocycles. The second kappa shape index (κ2) is 17.5. The van der Waals surface area contributed by atoms with Crippen molar-refractivity contribution in [3.8, 4) is 11.5 Å². The summed E-state index contributed by atoms with van der Waals surface area (Å²) in [4.78, 5) is 24.2. The summed E-state index contributed by atoms with van der Waals surface area (Å²) in [7, 11) is 0. The molecule has 0 bridgehead atoms. The van der Waals surface area contributed by atoms with Crippen LogP contribution in [-0.2, 0) is 42.7 Å². The van der Waals surface area contributed by atoms with Crippen molar-refractivity contribution in [2.45, 2.75) is 143 Å². The second-order valence-corrected chi connectivity index (χ2v) is 14.4. The van der Waals surface area contributed by atoms with Gasteiger partial charge in [-0.15, -0.1) is 0 Å². The standard InChI is InChI=1S/C38H58O6/c1-27-23-29(25-31(35(27)41)37(3,4)5)17-15-21-43-33(39)19-13-11-9-10-12-14-20-34(40)44-22-16-18-30-24-28(2)36(42)32(26-30)38(6,7)8/h23-26,41-42H,9-22H2,1-8H3. The Morgan fingerprint density at radius 1 is 0.568 bits per heavy atom. The van der Waals surface area contributed by atoms with E-state index < -0.39 is 0 Å². The number of aromatic hydroxyl groups is 2. The highest BCUT2D eigenvalue weighted by Gasteiger charge is 2.21. The molecule has 2 aromatic carbocycles. The topological polar surface area (TPSA) is 93.1 Å². The quantitative estimate of drug-likeness (QED) is 0.137. The van der Waals surface area contributed by atoms with Crippen molar-refractivity contribution in [1.82, 2.24) is 0 Å². The Labute approximate surface area is 266 Å². The molecule has 0 spiro atoms. The number of hydrogen-bond acceptors (Lipinski definition) is 6. The number of phenols is 2. The molecule has 0 aromatic heterocycles. The fraction of sp³-hybridized carbons (Fsp3) is 0.632. The van der Waals surface area contributed by atoms with Crippen LogP contribution in [0.4, 0.5) is 0 Å². The first kappa shape index (κ1) is 37.2. The van der Waals surface area contributed by atoms with Crippen LogP contribution in [0.1, 0.15) is 139 Å². The molecule has 0 fully saturated rings. The second-order valence-electron chi connectivity index (χ2n) is 14.4. The summed E-state index contributed by atoms with van der Waals surface area (Å²) in [6, 6.07) is 8.16. The zero-order valence-electron chi connectivity index (χ0n) is 28.7. The molecule has 0 amide bonds. The van der Waals surface area contributed by atoms with E-state index in [-0.39, 0.29) is 22.8 Å². The molecular weight excluding hydrogens is 552 g/mol. The Hall–Kier alpha value is -3.02. The molecule has 246 valence electrons. The molecule has 0 saturated heterocycles. The van der Waals surface area contributed by atoms with Crippen LogP contribution in [0, 0.1) is 13.8 Å². The van der Waals surface area contributed by atoms with E-state index >= 15 is 0 Å². The maximum absolute atomic E-state index is 12.1. The number of benzene rings is 2. The molecule has 6 heteroatoms. The Kier molecular flexibility index (Phi) is 14.8. The molecule has 0 aliphatic heterocycles. The van der Waals surface area contributed by atoms with E-state index in [0.29, 0.717) is 37.6 Å². The molecule has 44 heavy (non-hydrogen) atoms. The Morgan fingerprint density at radius 2 is 0.909 bits per heavy atom. The number of unbranched alkanes of at least 4 members (excludes halogenated alkanes) is 5. The lowest BCUT2D eigenvalue weighted by atomic mass is 9.83. The highest BCUT2D eigenvalue weighted by atomic mass is 16.5. The fourth-order valence-electron chi connectivity index (χ4n) is 5.46. The number of hydrogen-bond donors (Lipinski definition) is 2. The Bertz CT molecular complexity index is 1120. The average Bonchev–Trinajstić information content (AvgIpc) is 2.92. The number of aryl methyl sites for hydroxylation is 4. The molecular formula is C38H58O6. The number of carbonyl (C=O) groups excluding carboxylic acids is 2. The van der Waals surface area contributed by atoms with Crippen LogP contribution in [0.15, 0.2) is 24.3 Å². The maximum atomic E-state index is 12.1. The molecule has 2 rings (SSSR count). The highest BCUT2D eigenvalue weighted by molar-refractivity contribution is 5.69. The number of rotatable bonds is 17. The van der Waals surface area contributed by atoms with Gasteiger partial charge in [0.2, 0.25) is 0 Å². The van der Waals surface area contributed by atoms with Crippen LogP contribution < -0.4 is 0 Å². The first-order valence-corrected chi connectivity index (χ1v) is 16.6. The zero-order chi connectivity index (χ0) is 32.9. The van der Waals surface area contributed by atoms with Crippen LogP contribution in [-0.4, -0.2) is 35.4 Å². The maximum Gasteiger partial charge on any atom is 0.305 e. The molecule has 0 aliphatic carbocycles. The molecule has 2 N–H and O–H groups in total. The summed E-state index contributed by atoms with van der Waals surface area (Å²) in [6.07, 6.45) is 9.73. The minimum Gasteiger partial charge on any atom is -0.507 e. The van der Waals surface area contributed by atoms with Crippen molar-refractivity contribution in [2.75, 3.05) is 13.2 Å². The van der Waals surface area contributed by atoms with Gasteiger partial charge in [-0.2, -0.15) is 0 Å². The van der Waals surface area contributed by atoms with Crippen LogP contribution in [0.25, 0.3) is 0 Å². The van der Waals surface area contributed by atoms with Gasteiger partial charge in [0.05, 0.1) is 13.2 Å². The van der Waals surface area contributed by atoms with E-state index in [9.17, 15) is 19.8 Å². The summed E-state index contributed by atoms with van der Waals surface area (Å²) < 4.78 is 10.9. The van der Waals surface area contributed by atoms with Gasteiger partial charge in [-0.05, 0) is 96.6 Å². The van der Waals surface area contributed by atoms with Gasteiger partial charge >= 0.3 is 11.9 Å². The van der Waals surface area contributed by atoms with Crippen LogP contribution in [0.5, 0.6) is 11.5 Å². The first-order chi connectivity index (χ1) is 20.6. The van der Waals surface area contributed by atoms with Gasteiger partial charge in [-0.1, -0.05) is 91.5 Å². The molecule has 2 aromatic rings. The highest BCUT2D eigenvalue weighted by Crippen LogP contribution is 2.35. The number of carbonyl (C=O) groups is 2. The number of ether oxygens (including phenoxy) is 2. The van der Waals surface area contributed by atoms with Gasteiger partial charge < -0.3 is 19.7 Å². The van der Waals surface area contributed by atoms with Crippen molar-refractivity contribution in [1.29, 1.82) is 0 Å². The molecule has 0 atom stereocenters. The van der Waals surface area contributed by atoms with Crippen molar-refractivity contribution in [2.24, 2.45) is 0 Å². The summed E-state index contributed by atoms with van der Waals surface area (Å²) in [6.45, 7) is 17.2. The lowest BCUT2D eigenvalue weighted by Crippen LogP contribution is -2.13. The number of phenolic OH excluding ortho intramolecular Hbond substituents is 2. The van der Waals surface area contributed by atoms with Gasteiger partial charge in [0.15, 0.2) is 0 Å². The third-order valence-electron chi connectivity index (χ3n) is 8.09. The van der Waals surface area contributed by atoms with Gasteiger partial charge in [0, 0.05) is 12.8 Å². The molecule has 6 nitrogen and oxygen atoms in total. The Morgan fingerprint density at radius 3 is 1.25 bits per heavy atom. The van der Waals surface area contributed by atoms with E-state index in [4.69, 9.17) is 9.47 Å². The fourth-order valence-corrected chi connectivity index (χ4v) is 5.46. The molecule has 0 unspecified atom stereocenters. The minimum absolute atomic E-state index is 0.128. The van der Waals surface area contributed by atoms with Crippen LogP contribution in [0.3, 0.4) is 0 Å². The molecule has 0 aliphatic rings. The van der Waals surface area contributed by atoms with Crippen molar-refractivity contribution in [3.63, 3.8) is 0 Å². The van der Waals surface area contributed by atoms with Gasteiger partial charge in [0.1, 0.15) is 11.5 Å². The summed E-state index contributed by atoms with van der Waals surface area (Å²) in [5.41, 5.74) is 5.72. The first-order valence-electron chi connectivity index (χ1n) is 16.6. The van der Waals surface area contributed by atoms with Crippen LogP contribution >= 0.6 is 0 Å². The smallest absolute Gasteiger partial charge is 0.305 e. The lowest BCUT2D eigenvalue weighted by molar-refractivity contribution is -0.144. The largest absolute Gasteiger partial charge is 0.507 e. The van der Waals surface area contributed by atoms with Crippen LogP contribution in [0.2, 0.25) is 0 Å². The van der Waals surface area contributed by atoms with Crippen molar-refractivity contribution < 1.29 is 29.3 Å². The predicted molar refractivity (Wildman–Crippen MR) is 179 cm³/mol. The molecule has 0 radical (unpaired) electrons. The van der Waals surface area contributed by atoms with Gasteiger partial charge in [-0.3, -0.25) is 9.59 Å². The minimum atomic E-state index is -0.139. The van der Waals surface area contributed by atoms with Crippen molar-refractivity contribution in [3.05, 3.63) is 57.6 Å². The van der Waals surface area contributed by atoms with E-state index in [2.05, 4.69) is 53.7 Å². The van der Waals surface area contributed by atoms with E-state index in [1.807, 2.05) is 26.0 Å². The monoisotopic (exact) mass is 610 g/mol. The predicted octanol–water partition coefficient (Wildman–Crippen LogP) is 9.08. The summed E-state index contributed by atoms with van der Waals surface area (Å²) in [5.74, 6) is 0.462.